The molecule has 1 fully saturated rings. The number of amidine groups is 1. The van der Waals surface area contributed by atoms with Crippen LogP contribution in [0.25, 0.3) is 0 Å². The summed E-state index contributed by atoms with van der Waals surface area (Å²) in [6.07, 6.45) is 0. The number of thiazole rings is 1. The number of halogens is 2. The van der Waals surface area contributed by atoms with E-state index in [0.717, 1.165) is 59.9 Å². The Hall–Kier alpha value is -2.06. The third kappa shape index (κ3) is 2.65. The Kier molecular flexibility index (Phi) is 3.73. The summed E-state index contributed by atoms with van der Waals surface area (Å²) in [5.41, 5.74) is 1.60. The number of nitrogens with zero attached hydrogens (tertiary/aromatic N) is 4. The molecule has 0 amide bonds. The number of likely N-dealkylation sites (N-methyl/N-ethyl adjacent to an activating group) is 1. The Morgan fingerprint density at radius 1 is 1.12 bits per heavy atom. The van der Waals surface area contributed by atoms with Crippen LogP contribution in [-0.2, 0) is 0 Å². The molecule has 2 aromatic rings. The lowest BCUT2D eigenvalue weighted by Gasteiger charge is -2.34. The van der Waals surface area contributed by atoms with E-state index in [0.29, 0.717) is 11.4 Å². The molecule has 3 heterocycles. The van der Waals surface area contributed by atoms with E-state index in [-0.39, 0.29) is 0 Å². The molecule has 1 aromatic heterocycles. The predicted molar refractivity (Wildman–Crippen MR) is 91.8 cm³/mol. The zero-order valence-corrected chi connectivity index (χ0v) is 14.3. The fraction of sp³-hybridized carbons (Fsp3) is 0.375. The van der Waals surface area contributed by atoms with Gasteiger partial charge in [0.05, 0.1) is 16.4 Å². The van der Waals surface area contributed by atoms with E-state index in [9.17, 15) is 8.78 Å². The first-order valence-electron chi connectivity index (χ1n) is 7.77. The van der Waals surface area contributed by atoms with Gasteiger partial charge in [-0.1, -0.05) is 0 Å². The molecule has 0 radical (unpaired) electrons. The first-order valence-corrected chi connectivity index (χ1v) is 8.59. The number of hydrogen-bond donors (Lipinski definition) is 1. The number of anilines is 2. The lowest BCUT2D eigenvalue weighted by Crippen LogP contribution is -2.47. The Bertz CT molecular complexity index is 824. The summed E-state index contributed by atoms with van der Waals surface area (Å²) in [6.45, 7) is 5.43. The summed E-state index contributed by atoms with van der Waals surface area (Å²) in [5, 5.41) is 4.89. The van der Waals surface area contributed by atoms with Gasteiger partial charge in [-0.05, 0) is 14.0 Å². The smallest absolute Gasteiger partial charge is 0.161 e. The van der Waals surface area contributed by atoms with Crippen LogP contribution in [0.4, 0.5) is 25.2 Å². The van der Waals surface area contributed by atoms with Gasteiger partial charge in [-0.2, -0.15) is 0 Å². The average molecular weight is 349 g/mol. The highest BCUT2D eigenvalue weighted by atomic mass is 32.1. The average Bonchev–Trinajstić information content (AvgIpc) is 2.84. The van der Waals surface area contributed by atoms with E-state index in [1.54, 1.807) is 0 Å². The molecule has 5 nitrogen and oxygen atoms in total. The quantitative estimate of drug-likeness (QED) is 0.794. The molecule has 1 N–H and O–H groups in total. The van der Waals surface area contributed by atoms with Crippen LogP contribution in [-0.4, -0.2) is 53.8 Å². The van der Waals surface area contributed by atoms with Crippen molar-refractivity contribution in [1.82, 2.24) is 14.8 Å². The molecule has 24 heavy (non-hydrogen) atoms. The summed E-state index contributed by atoms with van der Waals surface area (Å²) < 4.78 is 27.3. The van der Waals surface area contributed by atoms with Gasteiger partial charge in [0.2, 0.25) is 0 Å². The van der Waals surface area contributed by atoms with Gasteiger partial charge in [-0.15, -0.1) is 11.3 Å². The normalized spacial score (nSPS) is 17.7. The van der Waals surface area contributed by atoms with Crippen molar-refractivity contribution in [3.05, 3.63) is 34.5 Å². The van der Waals surface area contributed by atoms with Crippen LogP contribution >= 0.6 is 11.3 Å². The summed E-state index contributed by atoms with van der Waals surface area (Å²) in [6, 6.07) is 2.29. The first kappa shape index (κ1) is 15.5. The van der Waals surface area contributed by atoms with Crippen molar-refractivity contribution in [2.24, 2.45) is 4.99 Å². The van der Waals surface area contributed by atoms with Crippen molar-refractivity contribution in [3.8, 4) is 0 Å². The van der Waals surface area contributed by atoms with E-state index >= 15 is 0 Å². The summed E-state index contributed by atoms with van der Waals surface area (Å²) >= 11 is 1.49. The zero-order chi connectivity index (χ0) is 16.8. The lowest BCUT2D eigenvalue weighted by atomic mass is 10.2. The number of rotatable bonds is 0. The number of aryl methyl sites for hydroxylation is 1. The third-order valence-electron chi connectivity index (χ3n) is 4.26. The molecule has 0 saturated carbocycles. The molecule has 126 valence electrons. The number of piperazine rings is 1. The Morgan fingerprint density at radius 2 is 1.83 bits per heavy atom. The van der Waals surface area contributed by atoms with Crippen LogP contribution in [0.5, 0.6) is 0 Å². The fourth-order valence-corrected chi connectivity index (χ4v) is 3.75. The summed E-state index contributed by atoms with van der Waals surface area (Å²) in [5.74, 6) is -1.06. The van der Waals surface area contributed by atoms with E-state index in [1.165, 1.54) is 11.3 Å². The monoisotopic (exact) mass is 349 g/mol. The van der Waals surface area contributed by atoms with Gasteiger partial charge < -0.3 is 15.1 Å². The maximum Gasteiger partial charge on any atom is 0.161 e. The highest BCUT2D eigenvalue weighted by Gasteiger charge is 2.27. The van der Waals surface area contributed by atoms with Gasteiger partial charge >= 0.3 is 0 Å². The summed E-state index contributed by atoms with van der Waals surface area (Å²) in [4.78, 5) is 13.7. The second-order valence-electron chi connectivity index (χ2n) is 6.04. The molecule has 0 aliphatic carbocycles. The molecular weight excluding hydrogens is 332 g/mol. The second-order valence-corrected chi connectivity index (χ2v) is 7.25. The molecule has 2 aliphatic rings. The maximum absolute atomic E-state index is 13.7. The second kappa shape index (κ2) is 5.78. The van der Waals surface area contributed by atoms with E-state index in [4.69, 9.17) is 0 Å². The molecular formula is C16H17F2N5S. The Morgan fingerprint density at radius 3 is 2.58 bits per heavy atom. The van der Waals surface area contributed by atoms with Crippen molar-refractivity contribution < 1.29 is 8.78 Å². The van der Waals surface area contributed by atoms with Gasteiger partial charge in [0.25, 0.3) is 0 Å². The molecule has 2 aliphatic heterocycles. The van der Waals surface area contributed by atoms with E-state index < -0.39 is 11.6 Å². The largest absolute Gasteiger partial charge is 0.352 e. The van der Waals surface area contributed by atoms with Gasteiger partial charge in [-0.3, -0.25) is 0 Å². The van der Waals surface area contributed by atoms with Crippen LogP contribution in [0.1, 0.15) is 10.7 Å². The van der Waals surface area contributed by atoms with E-state index in [1.807, 2.05) is 6.92 Å². The highest BCUT2D eigenvalue weighted by Crippen LogP contribution is 2.38. The van der Waals surface area contributed by atoms with Crippen LogP contribution in [0.2, 0.25) is 0 Å². The topological polar surface area (TPSA) is 43.8 Å². The van der Waals surface area contributed by atoms with Gasteiger partial charge in [0.15, 0.2) is 17.5 Å². The standard InChI is InChI=1S/C16H17F2N5S/c1-9-19-14-15(23-5-3-22(2)4-6-23)20-12-7-10(17)11(18)8-13(12)21-16(14)24-9/h7-8,21H,3-6H2,1-2H3. The third-order valence-corrected chi connectivity index (χ3v) is 5.15. The maximum atomic E-state index is 13.7. The molecule has 0 atom stereocenters. The number of nitrogens with one attached hydrogen (secondary N) is 1. The fourth-order valence-electron chi connectivity index (χ4n) is 2.92. The van der Waals surface area contributed by atoms with E-state index in [2.05, 4.69) is 32.1 Å². The number of aliphatic imine (C=N–C) groups is 1. The van der Waals surface area contributed by atoms with Gasteiger partial charge in [0, 0.05) is 38.3 Å². The van der Waals surface area contributed by atoms with Gasteiger partial charge in [-0.25, -0.2) is 18.8 Å². The van der Waals surface area contributed by atoms with Crippen LogP contribution in [0.3, 0.4) is 0 Å². The molecule has 0 unspecified atom stereocenters. The minimum atomic E-state index is -0.897. The lowest BCUT2D eigenvalue weighted by molar-refractivity contribution is 0.215. The highest BCUT2D eigenvalue weighted by molar-refractivity contribution is 7.16. The minimum Gasteiger partial charge on any atom is -0.352 e. The minimum absolute atomic E-state index is 0.394. The molecule has 0 spiro atoms. The number of fused-ring (bicyclic) bond motifs is 2. The van der Waals surface area contributed by atoms with Gasteiger partial charge in [0.1, 0.15) is 10.7 Å². The van der Waals surface area contributed by atoms with Crippen LogP contribution < -0.4 is 5.32 Å². The molecule has 4 rings (SSSR count). The van der Waals surface area contributed by atoms with Crippen LogP contribution in [0.15, 0.2) is 17.1 Å². The van der Waals surface area contributed by atoms with Crippen molar-refractivity contribution in [2.75, 3.05) is 38.5 Å². The molecule has 8 heteroatoms. The van der Waals surface area contributed by atoms with Crippen molar-refractivity contribution in [2.45, 2.75) is 6.92 Å². The van der Waals surface area contributed by atoms with Crippen molar-refractivity contribution in [3.63, 3.8) is 0 Å². The Balaban J connectivity index is 1.84. The van der Waals surface area contributed by atoms with Crippen molar-refractivity contribution >= 4 is 33.5 Å². The zero-order valence-electron chi connectivity index (χ0n) is 13.4. The number of benzene rings is 1. The Labute approximate surface area is 142 Å². The number of aromatic nitrogens is 1. The van der Waals surface area contributed by atoms with Crippen molar-refractivity contribution in [1.29, 1.82) is 0 Å². The molecule has 1 aromatic carbocycles. The SMILES string of the molecule is Cc1nc2c(s1)Nc1cc(F)c(F)cc1N=C2N1CCN(C)CC1. The summed E-state index contributed by atoms with van der Waals surface area (Å²) in [7, 11) is 2.08. The predicted octanol–water partition coefficient (Wildman–Crippen LogP) is 3.11. The molecule has 0 bridgehead atoms. The van der Waals surface area contributed by atoms with Crippen LogP contribution in [0, 0.1) is 18.6 Å². The number of hydrogen-bond acceptors (Lipinski definition) is 6. The first-order chi connectivity index (χ1) is 11.5. The molecule has 1 saturated heterocycles.